The minimum atomic E-state index is -0.213. The van der Waals surface area contributed by atoms with Gasteiger partial charge in [-0.3, -0.25) is 4.79 Å². The lowest BCUT2D eigenvalue weighted by atomic mass is 10.1. The Morgan fingerprint density at radius 3 is 2.75 bits per heavy atom. The Hall–Kier alpha value is -2.21. The molecule has 0 aliphatic heterocycles. The van der Waals surface area contributed by atoms with Crippen LogP contribution in [0, 0.1) is 0 Å². The van der Waals surface area contributed by atoms with Crippen molar-refractivity contribution in [2.75, 3.05) is 13.2 Å². The number of aliphatic hydroxyl groups excluding tert-OH is 1. The van der Waals surface area contributed by atoms with Gasteiger partial charge in [0.2, 0.25) is 0 Å². The Morgan fingerprint density at radius 2 is 2.10 bits per heavy atom. The predicted molar refractivity (Wildman–Crippen MR) is 71.1 cm³/mol. The van der Waals surface area contributed by atoms with Gasteiger partial charge in [0.25, 0.3) is 11.8 Å². The molecule has 1 aromatic carbocycles. The van der Waals surface area contributed by atoms with Crippen LogP contribution in [0.4, 0.5) is 0 Å². The molecular weight excluding hydrogens is 258 g/mol. The van der Waals surface area contributed by atoms with Gasteiger partial charge >= 0.3 is 0 Å². The highest BCUT2D eigenvalue weighted by Crippen LogP contribution is 2.38. The van der Waals surface area contributed by atoms with Gasteiger partial charge < -0.3 is 14.9 Å². The summed E-state index contributed by atoms with van der Waals surface area (Å²) >= 11 is 0. The third-order valence-corrected chi connectivity index (χ3v) is 3.18. The van der Waals surface area contributed by atoms with E-state index in [9.17, 15) is 4.79 Å². The fraction of sp³-hybridized carbons (Fsp3) is 0.357. The fourth-order valence-electron chi connectivity index (χ4n) is 1.90. The highest BCUT2D eigenvalue weighted by atomic mass is 16.5. The summed E-state index contributed by atoms with van der Waals surface area (Å²) in [6, 6.07) is 6.95. The average molecular weight is 273 g/mol. The van der Waals surface area contributed by atoms with Gasteiger partial charge in [-0.2, -0.15) is 4.98 Å². The first-order valence-electron chi connectivity index (χ1n) is 6.61. The number of carbonyl (C=O) groups is 1. The van der Waals surface area contributed by atoms with Gasteiger partial charge in [-0.15, -0.1) is 0 Å². The minimum Gasteiger partial charge on any atom is -0.395 e. The zero-order valence-electron chi connectivity index (χ0n) is 10.9. The van der Waals surface area contributed by atoms with Crippen molar-refractivity contribution in [3.05, 3.63) is 35.7 Å². The van der Waals surface area contributed by atoms with E-state index in [-0.39, 0.29) is 19.1 Å². The van der Waals surface area contributed by atoms with Crippen LogP contribution >= 0.6 is 0 Å². The molecule has 1 fully saturated rings. The van der Waals surface area contributed by atoms with Crippen molar-refractivity contribution in [1.82, 2.24) is 15.5 Å². The summed E-state index contributed by atoms with van der Waals surface area (Å²) in [7, 11) is 0. The number of benzene rings is 1. The number of aromatic nitrogens is 2. The lowest BCUT2D eigenvalue weighted by Gasteiger charge is -2.03. The van der Waals surface area contributed by atoms with Crippen molar-refractivity contribution >= 4 is 5.91 Å². The number of aliphatic hydroxyl groups is 1. The van der Waals surface area contributed by atoms with Crippen LogP contribution < -0.4 is 5.32 Å². The summed E-state index contributed by atoms with van der Waals surface area (Å²) in [5.74, 6) is 1.49. The van der Waals surface area contributed by atoms with Gasteiger partial charge in [-0.05, 0) is 37.1 Å². The van der Waals surface area contributed by atoms with E-state index in [2.05, 4.69) is 15.5 Å². The summed E-state index contributed by atoms with van der Waals surface area (Å²) in [5.41, 5.74) is 1.33. The van der Waals surface area contributed by atoms with E-state index in [0.29, 0.717) is 17.4 Å². The maximum Gasteiger partial charge on any atom is 0.257 e. The second-order valence-electron chi connectivity index (χ2n) is 4.79. The molecule has 2 aromatic rings. The van der Waals surface area contributed by atoms with E-state index in [1.807, 2.05) is 0 Å². The van der Waals surface area contributed by atoms with E-state index >= 15 is 0 Å². The van der Waals surface area contributed by atoms with Crippen LogP contribution in [0.15, 0.2) is 28.8 Å². The Morgan fingerprint density at radius 1 is 1.35 bits per heavy atom. The highest BCUT2D eigenvalue weighted by molar-refractivity contribution is 5.94. The molecule has 6 heteroatoms. The van der Waals surface area contributed by atoms with Crippen molar-refractivity contribution in [3.63, 3.8) is 0 Å². The molecule has 1 saturated carbocycles. The van der Waals surface area contributed by atoms with Gasteiger partial charge in [0, 0.05) is 23.6 Å². The molecule has 0 atom stereocenters. The van der Waals surface area contributed by atoms with Crippen molar-refractivity contribution in [3.8, 4) is 11.5 Å². The number of hydrogen-bond donors (Lipinski definition) is 2. The molecular formula is C14H15N3O3. The lowest BCUT2D eigenvalue weighted by Crippen LogP contribution is -2.26. The highest BCUT2D eigenvalue weighted by Gasteiger charge is 2.28. The summed E-state index contributed by atoms with van der Waals surface area (Å²) in [6.07, 6.45) is 2.26. The SMILES string of the molecule is O=C(NCCO)c1ccc(-c2nc(C3CC3)no2)cc1. The number of nitrogens with zero attached hydrogens (tertiary/aromatic N) is 2. The zero-order chi connectivity index (χ0) is 13.9. The van der Waals surface area contributed by atoms with Gasteiger partial charge in [0.1, 0.15) is 0 Å². The molecule has 0 radical (unpaired) electrons. The first kappa shape index (κ1) is 12.8. The van der Waals surface area contributed by atoms with E-state index in [1.54, 1.807) is 24.3 Å². The molecule has 0 spiro atoms. The monoisotopic (exact) mass is 273 g/mol. The molecule has 1 aliphatic carbocycles. The lowest BCUT2D eigenvalue weighted by molar-refractivity contribution is 0.0945. The van der Waals surface area contributed by atoms with E-state index in [0.717, 1.165) is 24.2 Å². The first-order chi connectivity index (χ1) is 9.78. The average Bonchev–Trinajstić information content (AvgIpc) is 3.22. The van der Waals surface area contributed by atoms with Gasteiger partial charge in [-0.1, -0.05) is 5.16 Å². The van der Waals surface area contributed by atoms with Crippen molar-refractivity contribution in [1.29, 1.82) is 0 Å². The Bertz CT molecular complexity index is 602. The molecule has 1 aliphatic rings. The van der Waals surface area contributed by atoms with Crippen molar-refractivity contribution in [2.45, 2.75) is 18.8 Å². The summed E-state index contributed by atoms with van der Waals surface area (Å²) in [6.45, 7) is 0.171. The van der Waals surface area contributed by atoms with Crippen LogP contribution in [0.25, 0.3) is 11.5 Å². The molecule has 2 N–H and O–H groups in total. The third kappa shape index (κ3) is 2.70. The number of hydrogen-bond acceptors (Lipinski definition) is 5. The maximum absolute atomic E-state index is 11.7. The van der Waals surface area contributed by atoms with Crippen LogP contribution in [-0.4, -0.2) is 34.3 Å². The second kappa shape index (κ2) is 5.42. The van der Waals surface area contributed by atoms with Crippen LogP contribution in [0.1, 0.15) is 34.9 Å². The standard InChI is InChI=1S/C14H15N3O3/c18-8-7-15-13(19)10-3-5-11(6-4-10)14-16-12(17-20-14)9-1-2-9/h3-6,9,18H,1-2,7-8H2,(H,15,19). The molecule has 0 bridgehead atoms. The topological polar surface area (TPSA) is 88.2 Å². The quantitative estimate of drug-likeness (QED) is 0.858. The molecule has 1 aromatic heterocycles. The number of nitrogens with one attached hydrogen (secondary N) is 1. The summed E-state index contributed by atoms with van der Waals surface area (Å²) in [4.78, 5) is 16.0. The fourth-order valence-corrected chi connectivity index (χ4v) is 1.90. The van der Waals surface area contributed by atoms with E-state index < -0.39 is 0 Å². The number of amides is 1. The zero-order valence-corrected chi connectivity index (χ0v) is 10.9. The Labute approximate surface area is 115 Å². The third-order valence-electron chi connectivity index (χ3n) is 3.18. The van der Waals surface area contributed by atoms with Crippen molar-refractivity contribution in [2.24, 2.45) is 0 Å². The molecule has 0 saturated heterocycles. The molecule has 104 valence electrons. The summed E-state index contributed by atoms with van der Waals surface area (Å²) in [5, 5.41) is 15.2. The molecule has 0 unspecified atom stereocenters. The molecule has 3 rings (SSSR count). The van der Waals surface area contributed by atoms with Crippen LogP contribution in [0.2, 0.25) is 0 Å². The second-order valence-corrected chi connectivity index (χ2v) is 4.79. The maximum atomic E-state index is 11.7. The van der Waals surface area contributed by atoms with E-state index in [4.69, 9.17) is 9.63 Å². The molecule has 1 amide bonds. The van der Waals surface area contributed by atoms with Gasteiger partial charge in [0.05, 0.1) is 6.61 Å². The van der Waals surface area contributed by atoms with Crippen LogP contribution in [0.5, 0.6) is 0 Å². The van der Waals surface area contributed by atoms with Crippen LogP contribution in [-0.2, 0) is 0 Å². The number of carbonyl (C=O) groups excluding carboxylic acids is 1. The molecule has 6 nitrogen and oxygen atoms in total. The largest absolute Gasteiger partial charge is 0.395 e. The Balaban J connectivity index is 1.72. The molecule has 20 heavy (non-hydrogen) atoms. The Kier molecular flexibility index (Phi) is 3.47. The summed E-state index contributed by atoms with van der Waals surface area (Å²) < 4.78 is 5.22. The van der Waals surface area contributed by atoms with E-state index in [1.165, 1.54) is 0 Å². The van der Waals surface area contributed by atoms with Crippen LogP contribution in [0.3, 0.4) is 0 Å². The van der Waals surface area contributed by atoms with Crippen molar-refractivity contribution < 1.29 is 14.4 Å². The smallest absolute Gasteiger partial charge is 0.257 e. The first-order valence-corrected chi connectivity index (χ1v) is 6.61. The van der Waals surface area contributed by atoms with Gasteiger partial charge in [0.15, 0.2) is 5.82 Å². The number of rotatable bonds is 5. The van der Waals surface area contributed by atoms with Gasteiger partial charge in [-0.25, -0.2) is 0 Å². The normalized spacial score (nSPS) is 14.2. The predicted octanol–water partition coefficient (Wildman–Crippen LogP) is 1.34. The minimum absolute atomic E-state index is 0.0737. The molecule has 1 heterocycles.